The van der Waals surface area contributed by atoms with E-state index in [0.29, 0.717) is 25.3 Å². The van der Waals surface area contributed by atoms with Crippen LogP contribution in [0.25, 0.3) is 10.8 Å². The molecule has 2 amide bonds. The molecule has 0 aliphatic rings. The highest BCUT2D eigenvalue weighted by Gasteiger charge is 2.29. The van der Waals surface area contributed by atoms with Gasteiger partial charge < -0.3 is 15.0 Å². The number of carbonyl (C=O) groups excluding carboxylic acids is 2. The maximum Gasteiger partial charge on any atom is 0.261 e. The minimum absolute atomic E-state index is 0.122. The van der Waals surface area contributed by atoms with Crippen molar-refractivity contribution in [2.45, 2.75) is 52.6 Å². The van der Waals surface area contributed by atoms with E-state index < -0.39 is 6.04 Å². The molecule has 0 spiro atoms. The first-order chi connectivity index (χ1) is 16.4. The van der Waals surface area contributed by atoms with Crippen LogP contribution < -0.4 is 10.1 Å². The number of amides is 2. The molecular formula is C28H33BrN2O3. The van der Waals surface area contributed by atoms with Crippen LogP contribution in [0.1, 0.15) is 44.2 Å². The Balaban J connectivity index is 1.79. The fourth-order valence-electron chi connectivity index (χ4n) is 3.86. The van der Waals surface area contributed by atoms with Crippen LogP contribution in [-0.4, -0.2) is 35.9 Å². The Labute approximate surface area is 210 Å². The van der Waals surface area contributed by atoms with Crippen molar-refractivity contribution in [3.63, 3.8) is 0 Å². The van der Waals surface area contributed by atoms with Crippen molar-refractivity contribution in [1.29, 1.82) is 0 Å². The standard InChI is InChI=1S/C28H33BrN2O3/c1-4-6-17-30-28(33)24(5-2)31(18-21-13-11-20(3)12-14-21)26(32)19-34-25-16-15-22-9-7-8-10-23(22)27(25)29/h7-16,24H,4-6,17-19H2,1-3H3,(H,30,33). The second-order valence-corrected chi connectivity index (χ2v) is 9.26. The lowest BCUT2D eigenvalue weighted by Gasteiger charge is -2.30. The third-order valence-corrected chi connectivity index (χ3v) is 6.69. The van der Waals surface area contributed by atoms with E-state index >= 15 is 0 Å². The summed E-state index contributed by atoms with van der Waals surface area (Å²) in [6, 6.07) is 19.3. The van der Waals surface area contributed by atoms with E-state index in [1.807, 2.05) is 74.5 Å². The Morgan fingerprint density at radius 2 is 1.76 bits per heavy atom. The summed E-state index contributed by atoms with van der Waals surface area (Å²) in [6.07, 6.45) is 2.43. The van der Waals surface area contributed by atoms with Gasteiger partial charge in [-0.25, -0.2) is 0 Å². The van der Waals surface area contributed by atoms with Crippen LogP contribution in [0.15, 0.2) is 65.1 Å². The molecule has 0 saturated carbocycles. The van der Waals surface area contributed by atoms with E-state index in [1.54, 1.807) is 4.90 Å². The zero-order chi connectivity index (χ0) is 24.5. The van der Waals surface area contributed by atoms with Crippen molar-refractivity contribution in [2.24, 2.45) is 0 Å². The summed E-state index contributed by atoms with van der Waals surface area (Å²) >= 11 is 3.62. The van der Waals surface area contributed by atoms with Gasteiger partial charge >= 0.3 is 0 Å². The largest absolute Gasteiger partial charge is 0.483 e. The van der Waals surface area contributed by atoms with Gasteiger partial charge in [0.05, 0.1) is 4.47 Å². The summed E-state index contributed by atoms with van der Waals surface area (Å²) < 4.78 is 6.76. The number of halogens is 1. The van der Waals surface area contributed by atoms with E-state index in [1.165, 1.54) is 0 Å². The summed E-state index contributed by atoms with van der Waals surface area (Å²) in [5.74, 6) is 0.254. The van der Waals surface area contributed by atoms with Crippen molar-refractivity contribution >= 4 is 38.5 Å². The quantitative estimate of drug-likeness (QED) is 0.312. The number of nitrogens with one attached hydrogen (secondary N) is 1. The van der Waals surface area contributed by atoms with Gasteiger partial charge in [0.15, 0.2) is 6.61 Å². The highest BCUT2D eigenvalue weighted by atomic mass is 79.9. The smallest absolute Gasteiger partial charge is 0.261 e. The molecule has 0 aromatic heterocycles. The monoisotopic (exact) mass is 524 g/mol. The molecule has 0 radical (unpaired) electrons. The molecule has 1 atom stereocenters. The Hall–Kier alpha value is -2.86. The molecule has 1 N–H and O–H groups in total. The normalized spacial score (nSPS) is 11.8. The van der Waals surface area contributed by atoms with Crippen LogP contribution in [0.4, 0.5) is 0 Å². The molecule has 0 heterocycles. The van der Waals surface area contributed by atoms with Gasteiger partial charge in [-0.1, -0.05) is 80.4 Å². The minimum Gasteiger partial charge on any atom is -0.483 e. The van der Waals surface area contributed by atoms with Crippen molar-refractivity contribution in [3.8, 4) is 5.75 Å². The molecule has 3 aromatic carbocycles. The molecule has 3 aromatic rings. The SMILES string of the molecule is CCCCNC(=O)C(CC)N(Cc1ccc(C)cc1)C(=O)COc1ccc2ccccc2c1Br. The molecule has 0 aliphatic carbocycles. The molecule has 3 rings (SSSR count). The highest BCUT2D eigenvalue weighted by molar-refractivity contribution is 9.10. The third-order valence-electron chi connectivity index (χ3n) is 5.87. The third kappa shape index (κ3) is 6.60. The molecule has 6 heteroatoms. The Morgan fingerprint density at radius 3 is 2.47 bits per heavy atom. The molecule has 34 heavy (non-hydrogen) atoms. The summed E-state index contributed by atoms with van der Waals surface area (Å²) in [7, 11) is 0. The van der Waals surface area contributed by atoms with Crippen molar-refractivity contribution in [1.82, 2.24) is 10.2 Å². The summed E-state index contributed by atoms with van der Waals surface area (Å²) in [5.41, 5.74) is 2.13. The van der Waals surface area contributed by atoms with Crippen molar-refractivity contribution in [3.05, 3.63) is 76.3 Å². The molecular weight excluding hydrogens is 492 g/mol. The van der Waals surface area contributed by atoms with E-state index in [2.05, 4.69) is 28.2 Å². The number of rotatable bonds is 11. The Morgan fingerprint density at radius 1 is 1.03 bits per heavy atom. The number of fused-ring (bicyclic) bond motifs is 1. The van der Waals surface area contributed by atoms with Crippen LogP contribution in [0.3, 0.4) is 0 Å². The number of ether oxygens (including phenoxy) is 1. The highest BCUT2D eigenvalue weighted by Crippen LogP contribution is 2.33. The summed E-state index contributed by atoms with van der Waals surface area (Å²) in [5, 5.41) is 5.09. The molecule has 0 saturated heterocycles. The van der Waals surface area contributed by atoms with Crippen LogP contribution in [0.2, 0.25) is 0 Å². The molecule has 180 valence electrons. The Kier molecular flexibility index (Phi) is 9.52. The van der Waals surface area contributed by atoms with Gasteiger partial charge in [0, 0.05) is 13.1 Å². The van der Waals surface area contributed by atoms with Gasteiger partial charge in [0.25, 0.3) is 5.91 Å². The number of aryl methyl sites for hydroxylation is 1. The number of benzene rings is 3. The second-order valence-electron chi connectivity index (χ2n) is 8.46. The lowest BCUT2D eigenvalue weighted by atomic mass is 10.1. The van der Waals surface area contributed by atoms with Crippen molar-refractivity contribution in [2.75, 3.05) is 13.2 Å². The fourth-order valence-corrected chi connectivity index (χ4v) is 4.47. The molecule has 0 fully saturated rings. The van der Waals surface area contributed by atoms with Gasteiger partial charge in [-0.3, -0.25) is 9.59 Å². The van der Waals surface area contributed by atoms with Gasteiger partial charge in [0.2, 0.25) is 5.91 Å². The molecule has 5 nitrogen and oxygen atoms in total. The van der Waals surface area contributed by atoms with Crippen LogP contribution in [-0.2, 0) is 16.1 Å². The summed E-state index contributed by atoms with van der Waals surface area (Å²) in [6.45, 7) is 6.85. The topological polar surface area (TPSA) is 58.6 Å². The van der Waals surface area contributed by atoms with E-state index in [0.717, 1.165) is 39.2 Å². The zero-order valence-corrected chi connectivity index (χ0v) is 21.7. The fraction of sp³-hybridized carbons (Fsp3) is 0.357. The van der Waals surface area contributed by atoms with Gasteiger partial charge in [-0.05, 0) is 58.1 Å². The maximum absolute atomic E-state index is 13.4. The van der Waals surface area contributed by atoms with E-state index in [-0.39, 0.29) is 18.4 Å². The number of unbranched alkanes of at least 4 members (excludes halogenated alkanes) is 1. The maximum atomic E-state index is 13.4. The average Bonchev–Trinajstić information content (AvgIpc) is 2.85. The lowest BCUT2D eigenvalue weighted by molar-refractivity contribution is -0.143. The molecule has 0 bridgehead atoms. The van der Waals surface area contributed by atoms with Crippen LogP contribution in [0.5, 0.6) is 5.75 Å². The lowest BCUT2D eigenvalue weighted by Crippen LogP contribution is -2.50. The van der Waals surface area contributed by atoms with Crippen LogP contribution in [0, 0.1) is 6.92 Å². The molecule has 0 aliphatic heterocycles. The first kappa shape index (κ1) is 25.8. The number of nitrogens with zero attached hydrogens (tertiary/aromatic N) is 1. The molecule has 1 unspecified atom stereocenters. The van der Waals surface area contributed by atoms with Gasteiger partial charge in [-0.2, -0.15) is 0 Å². The number of hydrogen-bond acceptors (Lipinski definition) is 3. The first-order valence-electron chi connectivity index (χ1n) is 11.9. The first-order valence-corrected chi connectivity index (χ1v) is 12.7. The summed E-state index contributed by atoms with van der Waals surface area (Å²) in [4.78, 5) is 28.0. The predicted molar refractivity (Wildman–Crippen MR) is 141 cm³/mol. The second kappa shape index (κ2) is 12.6. The van der Waals surface area contributed by atoms with Crippen LogP contribution >= 0.6 is 15.9 Å². The van der Waals surface area contributed by atoms with Gasteiger partial charge in [0.1, 0.15) is 11.8 Å². The average molecular weight is 525 g/mol. The zero-order valence-electron chi connectivity index (χ0n) is 20.1. The van der Waals surface area contributed by atoms with Crippen molar-refractivity contribution < 1.29 is 14.3 Å². The Bertz CT molecular complexity index is 1110. The van der Waals surface area contributed by atoms with E-state index in [9.17, 15) is 9.59 Å². The van der Waals surface area contributed by atoms with E-state index in [4.69, 9.17) is 4.74 Å². The number of hydrogen-bond donors (Lipinski definition) is 1. The predicted octanol–water partition coefficient (Wildman–Crippen LogP) is 6.01. The minimum atomic E-state index is -0.561. The van der Waals surface area contributed by atoms with Gasteiger partial charge in [-0.15, -0.1) is 0 Å². The number of carbonyl (C=O) groups is 2.